The molecule has 17 heavy (non-hydrogen) atoms. The van der Waals surface area contributed by atoms with Crippen LogP contribution in [0.3, 0.4) is 0 Å². The van der Waals surface area contributed by atoms with Crippen LogP contribution in [-0.4, -0.2) is 31.8 Å². The topological polar surface area (TPSA) is 71.7 Å². The third kappa shape index (κ3) is 5.89. The van der Waals surface area contributed by atoms with E-state index < -0.39 is 0 Å². The van der Waals surface area contributed by atoms with E-state index in [1.165, 1.54) is 19.3 Å². The first kappa shape index (κ1) is 14.3. The Bertz CT molecular complexity index is 233. The Labute approximate surface area is 104 Å². The number of nitrogens with zero attached hydrogens (tertiary/aromatic N) is 1. The van der Waals surface area contributed by atoms with Gasteiger partial charge in [0.15, 0.2) is 0 Å². The highest BCUT2D eigenvalue weighted by molar-refractivity contribution is 5.79. The molecule has 2 atom stereocenters. The van der Waals surface area contributed by atoms with Gasteiger partial charge in [0.25, 0.3) is 0 Å². The van der Waals surface area contributed by atoms with Crippen molar-refractivity contribution in [3.63, 3.8) is 0 Å². The van der Waals surface area contributed by atoms with Gasteiger partial charge in [0.05, 0.1) is 0 Å². The second-order valence-corrected chi connectivity index (χ2v) is 4.68. The summed E-state index contributed by atoms with van der Waals surface area (Å²) < 4.78 is 5.26. The number of hydrazine groups is 1. The smallest absolute Gasteiger partial charge is 0.205 e. The number of aliphatic imine (C=N–C) groups is 1. The predicted molar refractivity (Wildman–Crippen MR) is 70.7 cm³/mol. The molecule has 0 aromatic carbocycles. The zero-order valence-electron chi connectivity index (χ0n) is 11.0. The minimum Gasteiger partial charge on any atom is -0.382 e. The molecule has 0 heterocycles. The van der Waals surface area contributed by atoms with E-state index in [0.717, 1.165) is 32.1 Å². The van der Waals surface area contributed by atoms with Crippen LogP contribution in [0.25, 0.3) is 0 Å². The molecule has 4 N–H and O–H groups in total. The van der Waals surface area contributed by atoms with E-state index in [0.29, 0.717) is 12.0 Å². The summed E-state index contributed by atoms with van der Waals surface area (Å²) in [6.07, 6.45) is 4.64. The van der Waals surface area contributed by atoms with Gasteiger partial charge in [-0.25, -0.2) is 5.84 Å². The lowest BCUT2D eigenvalue weighted by Gasteiger charge is -2.15. The molecule has 1 saturated carbocycles. The third-order valence-electron chi connectivity index (χ3n) is 3.09. The van der Waals surface area contributed by atoms with Gasteiger partial charge >= 0.3 is 0 Å². The summed E-state index contributed by atoms with van der Waals surface area (Å²) in [4.78, 5) is 4.39. The Morgan fingerprint density at radius 2 is 2.29 bits per heavy atom. The van der Waals surface area contributed by atoms with Gasteiger partial charge in [-0.15, -0.1) is 0 Å². The van der Waals surface area contributed by atoms with E-state index in [1.807, 2.05) is 6.92 Å². The standard InChI is InChI=1S/C12H26N4O/c1-3-17-8-4-7-14-12(16-13)15-11-6-5-10(2)9-11/h10-11H,3-9,13H2,1-2H3,(H2,14,15,16). The van der Waals surface area contributed by atoms with Crippen LogP contribution in [0.4, 0.5) is 0 Å². The summed E-state index contributed by atoms with van der Waals surface area (Å²) in [5.41, 5.74) is 2.63. The van der Waals surface area contributed by atoms with Gasteiger partial charge in [0.1, 0.15) is 0 Å². The monoisotopic (exact) mass is 242 g/mol. The summed E-state index contributed by atoms with van der Waals surface area (Å²) in [5.74, 6) is 6.97. The fraction of sp³-hybridized carbons (Fsp3) is 0.917. The first-order valence-corrected chi connectivity index (χ1v) is 6.61. The van der Waals surface area contributed by atoms with Gasteiger partial charge < -0.3 is 10.1 Å². The quantitative estimate of drug-likeness (QED) is 0.214. The molecule has 0 spiro atoms. The van der Waals surface area contributed by atoms with Crippen molar-refractivity contribution in [2.75, 3.05) is 19.8 Å². The summed E-state index contributed by atoms with van der Waals surface area (Å²) in [6.45, 7) is 6.56. The Balaban J connectivity index is 2.20. The fourth-order valence-electron chi connectivity index (χ4n) is 2.17. The van der Waals surface area contributed by atoms with Crippen molar-refractivity contribution in [1.29, 1.82) is 0 Å². The molecule has 0 aromatic rings. The Morgan fingerprint density at radius 1 is 1.47 bits per heavy atom. The van der Waals surface area contributed by atoms with Crippen LogP contribution in [0.15, 0.2) is 4.99 Å². The largest absolute Gasteiger partial charge is 0.382 e. The number of rotatable bonds is 6. The Hall–Kier alpha value is -0.810. The molecule has 0 bridgehead atoms. The van der Waals surface area contributed by atoms with E-state index >= 15 is 0 Å². The maximum Gasteiger partial charge on any atom is 0.205 e. The Morgan fingerprint density at radius 3 is 2.88 bits per heavy atom. The van der Waals surface area contributed by atoms with Crippen molar-refractivity contribution < 1.29 is 4.74 Å². The second-order valence-electron chi connectivity index (χ2n) is 4.68. The first-order chi connectivity index (χ1) is 8.26. The second kappa shape index (κ2) is 8.31. The number of ether oxygens (including phenoxy) is 1. The minimum atomic E-state index is 0.520. The van der Waals surface area contributed by atoms with Crippen molar-refractivity contribution >= 4 is 5.96 Å². The number of nitrogens with two attached hydrogens (primary N) is 1. The zero-order valence-corrected chi connectivity index (χ0v) is 11.0. The summed E-state index contributed by atoms with van der Waals surface area (Å²) in [7, 11) is 0. The number of nitrogens with one attached hydrogen (secondary N) is 2. The summed E-state index contributed by atoms with van der Waals surface area (Å²) in [6, 6.07) is 0.520. The molecule has 0 saturated heterocycles. The molecule has 1 fully saturated rings. The normalized spacial score (nSPS) is 25.0. The van der Waals surface area contributed by atoms with E-state index in [2.05, 4.69) is 22.7 Å². The van der Waals surface area contributed by atoms with E-state index in [4.69, 9.17) is 10.6 Å². The molecule has 1 aliphatic rings. The van der Waals surface area contributed by atoms with Crippen molar-refractivity contribution in [3.8, 4) is 0 Å². The van der Waals surface area contributed by atoms with E-state index in [1.54, 1.807) is 0 Å². The summed E-state index contributed by atoms with van der Waals surface area (Å²) in [5, 5.41) is 3.36. The molecule has 5 heteroatoms. The van der Waals surface area contributed by atoms with Gasteiger partial charge in [-0.1, -0.05) is 6.92 Å². The number of guanidine groups is 1. The average Bonchev–Trinajstić information content (AvgIpc) is 2.73. The van der Waals surface area contributed by atoms with Crippen LogP contribution in [0.2, 0.25) is 0 Å². The molecule has 5 nitrogen and oxygen atoms in total. The fourth-order valence-corrected chi connectivity index (χ4v) is 2.17. The molecule has 0 aromatic heterocycles. The van der Waals surface area contributed by atoms with E-state index in [-0.39, 0.29) is 0 Å². The lowest BCUT2D eigenvalue weighted by molar-refractivity contribution is 0.146. The number of hydrogen-bond acceptors (Lipinski definition) is 3. The van der Waals surface area contributed by atoms with Crippen LogP contribution in [0, 0.1) is 5.92 Å². The Kier molecular flexibility index (Phi) is 6.96. The molecule has 1 aliphatic carbocycles. The average molecular weight is 242 g/mol. The maximum atomic E-state index is 5.45. The highest BCUT2D eigenvalue weighted by Gasteiger charge is 2.21. The first-order valence-electron chi connectivity index (χ1n) is 6.61. The van der Waals surface area contributed by atoms with Crippen LogP contribution in [-0.2, 0) is 4.74 Å². The molecule has 0 radical (unpaired) electrons. The third-order valence-corrected chi connectivity index (χ3v) is 3.09. The van der Waals surface area contributed by atoms with Crippen molar-refractivity contribution in [2.45, 2.75) is 45.6 Å². The van der Waals surface area contributed by atoms with Crippen LogP contribution < -0.4 is 16.6 Å². The minimum absolute atomic E-state index is 0.520. The molecule has 2 unspecified atom stereocenters. The van der Waals surface area contributed by atoms with Crippen molar-refractivity contribution in [3.05, 3.63) is 0 Å². The highest BCUT2D eigenvalue weighted by atomic mass is 16.5. The van der Waals surface area contributed by atoms with Gasteiger partial charge in [0, 0.05) is 25.8 Å². The predicted octanol–water partition coefficient (Wildman–Crippen LogP) is 1.01. The van der Waals surface area contributed by atoms with Crippen LogP contribution >= 0.6 is 0 Å². The molecule has 1 rings (SSSR count). The molecular formula is C12H26N4O. The van der Waals surface area contributed by atoms with Crippen LogP contribution in [0.5, 0.6) is 0 Å². The molecular weight excluding hydrogens is 216 g/mol. The van der Waals surface area contributed by atoms with Gasteiger partial charge in [-0.05, 0) is 38.5 Å². The lowest BCUT2D eigenvalue weighted by Crippen LogP contribution is -2.45. The van der Waals surface area contributed by atoms with Crippen LogP contribution in [0.1, 0.15) is 39.5 Å². The van der Waals surface area contributed by atoms with Gasteiger partial charge in [-0.2, -0.15) is 0 Å². The molecule has 100 valence electrons. The van der Waals surface area contributed by atoms with Gasteiger partial charge in [0.2, 0.25) is 5.96 Å². The lowest BCUT2D eigenvalue weighted by atomic mass is 10.1. The van der Waals surface area contributed by atoms with Gasteiger partial charge in [-0.3, -0.25) is 10.4 Å². The SMILES string of the molecule is CCOCCCN=C(NN)NC1CCC(C)C1. The van der Waals surface area contributed by atoms with Crippen molar-refractivity contribution in [2.24, 2.45) is 16.8 Å². The highest BCUT2D eigenvalue weighted by Crippen LogP contribution is 2.24. The number of hydrogen-bond donors (Lipinski definition) is 3. The van der Waals surface area contributed by atoms with Crippen molar-refractivity contribution in [1.82, 2.24) is 10.7 Å². The maximum absolute atomic E-state index is 5.45. The summed E-state index contributed by atoms with van der Waals surface area (Å²) >= 11 is 0. The molecule has 0 amide bonds. The van der Waals surface area contributed by atoms with E-state index in [9.17, 15) is 0 Å². The molecule has 0 aliphatic heterocycles. The zero-order chi connectivity index (χ0) is 12.5.